The van der Waals surface area contributed by atoms with Crippen LogP contribution in [0.15, 0.2) is 24.3 Å². The van der Waals surface area contributed by atoms with Crippen molar-refractivity contribution in [3.63, 3.8) is 0 Å². The predicted octanol–water partition coefficient (Wildman–Crippen LogP) is 0.953. The first-order chi connectivity index (χ1) is 7.18. The molecule has 0 aromatic heterocycles. The van der Waals surface area contributed by atoms with Crippen molar-refractivity contribution in [3.05, 3.63) is 35.4 Å². The molecule has 0 bridgehead atoms. The van der Waals surface area contributed by atoms with Gasteiger partial charge in [0.15, 0.2) is 0 Å². The molecule has 0 radical (unpaired) electrons. The minimum atomic E-state index is -0.359. The summed E-state index contributed by atoms with van der Waals surface area (Å²) >= 11 is 0. The van der Waals surface area contributed by atoms with E-state index in [1.54, 1.807) is 0 Å². The highest BCUT2D eigenvalue weighted by Gasteiger charge is 2.30. The second-order valence-corrected chi connectivity index (χ2v) is 4.08. The van der Waals surface area contributed by atoms with E-state index in [1.165, 1.54) is 11.1 Å². The molecule has 1 amide bonds. The van der Waals surface area contributed by atoms with Gasteiger partial charge in [-0.05, 0) is 24.0 Å². The highest BCUT2D eigenvalue weighted by Crippen LogP contribution is 2.36. The van der Waals surface area contributed by atoms with Crippen molar-refractivity contribution in [1.82, 2.24) is 0 Å². The highest BCUT2D eigenvalue weighted by molar-refractivity contribution is 5.73. The van der Waals surface area contributed by atoms with Crippen LogP contribution in [0.4, 0.5) is 0 Å². The number of fused-ring (bicyclic) bond motifs is 1. The maximum Gasteiger partial charge on any atom is 0.217 e. The molecule has 80 valence electrons. The molecule has 1 aliphatic carbocycles. The van der Waals surface area contributed by atoms with E-state index >= 15 is 0 Å². The van der Waals surface area contributed by atoms with Gasteiger partial charge in [0.2, 0.25) is 5.91 Å². The quantitative estimate of drug-likeness (QED) is 0.771. The van der Waals surface area contributed by atoms with Gasteiger partial charge < -0.3 is 10.8 Å². The third-order valence-corrected chi connectivity index (χ3v) is 3.05. The van der Waals surface area contributed by atoms with Crippen LogP contribution in [0.25, 0.3) is 0 Å². The minimum absolute atomic E-state index is 0.0775. The monoisotopic (exact) mass is 205 g/mol. The van der Waals surface area contributed by atoms with Gasteiger partial charge in [0.1, 0.15) is 0 Å². The van der Waals surface area contributed by atoms with E-state index in [-0.39, 0.29) is 17.9 Å². The van der Waals surface area contributed by atoms with E-state index < -0.39 is 0 Å². The third-order valence-electron chi connectivity index (χ3n) is 3.05. The number of rotatable bonds is 3. The molecule has 0 saturated carbocycles. The summed E-state index contributed by atoms with van der Waals surface area (Å²) in [6.45, 7) is 0. The van der Waals surface area contributed by atoms with Gasteiger partial charge in [-0.2, -0.15) is 0 Å². The summed E-state index contributed by atoms with van der Waals surface area (Å²) in [6, 6.07) is 8.00. The molecular weight excluding hydrogens is 190 g/mol. The zero-order valence-corrected chi connectivity index (χ0v) is 8.52. The van der Waals surface area contributed by atoms with Crippen molar-refractivity contribution in [2.75, 3.05) is 0 Å². The maximum atomic E-state index is 10.7. The molecule has 2 unspecified atom stereocenters. The molecule has 1 aliphatic rings. The Balaban J connectivity index is 2.15. The summed E-state index contributed by atoms with van der Waals surface area (Å²) in [7, 11) is 0. The van der Waals surface area contributed by atoms with Crippen LogP contribution in [-0.2, 0) is 11.2 Å². The van der Waals surface area contributed by atoms with Crippen molar-refractivity contribution in [1.29, 1.82) is 0 Å². The summed E-state index contributed by atoms with van der Waals surface area (Å²) in [5.74, 6) is -0.222. The lowest BCUT2D eigenvalue weighted by Gasteiger charge is -2.14. The summed E-state index contributed by atoms with van der Waals surface area (Å²) in [6.07, 6.45) is 1.32. The van der Waals surface area contributed by atoms with Crippen molar-refractivity contribution in [2.45, 2.75) is 31.3 Å². The van der Waals surface area contributed by atoms with Gasteiger partial charge >= 0.3 is 0 Å². The summed E-state index contributed by atoms with van der Waals surface area (Å²) in [5, 5.41) is 9.87. The number of aliphatic hydroxyl groups is 1. The molecule has 0 saturated heterocycles. The van der Waals surface area contributed by atoms with Crippen LogP contribution in [0.5, 0.6) is 0 Å². The van der Waals surface area contributed by atoms with Gasteiger partial charge in [-0.25, -0.2) is 0 Å². The topological polar surface area (TPSA) is 63.3 Å². The molecule has 1 aromatic carbocycles. The lowest BCUT2D eigenvalue weighted by molar-refractivity contribution is -0.118. The van der Waals surface area contributed by atoms with E-state index in [4.69, 9.17) is 5.73 Å². The van der Waals surface area contributed by atoms with Gasteiger partial charge in [0.25, 0.3) is 0 Å². The second-order valence-electron chi connectivity index (χ2n) is 4.08. The number of carbonyl (C=O) groups is 1. The van der Waals surface area contributed by atoms with Crippen LogP contribution < -0.4 is 5.73 Å². The van der Waals surface area contributed by atoms with Crippen molar-refractivity contribution >= 4 is 5.91 Å². The van der Waals surface area contributed by atoms with Gasteiger partial charge in [0.05, 0.1) is 6.10 Å². The van der Waals surface area contributed by atoms with E-state index in [9.17, 15) is 9.90 Å². The standard InChI is InChI=1S/C12H15NO2/c13-12(15)6-5-10-9-4-2-1-3-8(9)7-11(10)14/h1-4,10-11,14H,5-7H2,(H2,13,15). The SMILES string of the molecule is NC(=O)CCC1c2ccccc2CC1O. The second kappa shape index (κ2) is 4.03. The Morgan fingerprint density at radius 2 is 2.20 bits per heavy atom. The number of carbonyl (C=O) groups excluding carboxylic acids is 1. The molecule has 3 nitrogen and oxygen atoms in total. The lowest BCUT2D eigenvalue weighted by atomic mass is 9.94. The van der Waals surface area contributed by atoms with Crippen molar-refractivity contribution in [3.8, 4) is 0 Å². The van der Waals surface area contributed by atoms with Crippen LogP contribution in [0, 0.1) is 0 Å². The van der Waals surface area contributed by atoms with Gasteiger partial charge in [0, 0.05) is 12.3 Å². The molecule has 0 fully saturated rings. The fourth-order valence-electron chi connectivity index (χ4n) is 2.30. The molecule has 2 atom stereocenters. The molecule has 3 heteroatoms. The fourth-order valence-corrected chi connectivity index (χ4v) is 2.30. The number of hydrogen-bond acceptors (Lipinski definition) is 2. The molecule has 3 N–H and O–H groups in total. The van der Waals surface area contributed by atoms with E-state index in [0.29, 0.717) is 19.3 Å². The van der Waals surface area contributed by atoms with Gasteiger partial charge in [-0.15, -0.1) is 0 Å². The Morgan fingerprint density at radius 1 is 1.47 bits per heavy atom. The van der Waals surface area contributed by atoms with Crippen LogP contribution in [-0.4, -0.2) is 17.1 Å². The van der Waals surface area contributed by atoms with Crippen LogP contribution in [0.1, 0.15) is 29.9 Å². The Bertz CT molecular complexity index is 376. The summed E-state index contributed by atoms with van der Waals surface area (Å²) < 4.78 is 0. The zero-order chi connectivity index (χ0) is 10.8. The van der Waals surface area contributed by atoms with E-state index in [1.807, 2.05) is 24.3 Å². The highest BCUT2D eigenvalue weighted by atomic mass is 16.3. The zero-order valence-electron chi connectivity index (χ0n) is 8.52. The molecule has 0 spiro atoms. The van der Waals surface area contributed by atoms with E-state index in [2.05, 4.69) is 0 Å². The first-order valence-electron chi connectivity index (χ1n) is 5.22. The van der Waals surface area contributed by atoms with Crippen molar-refractivity contribution in [2.24, 2.45) is 5.73 Å². The molecule has 0 heterocycles. The maximum absolute atomic E-state index is 10.7. The fraction of sp³-hybridized carbons (Fsp3) is 0.417. The summed E-state index contributed by atoms with van der Waals surface area (Å²) in [4.78, 5) is 10.7. The third kappa shape index (κ3) is 2.02. The van der Waals surface area contributed by atoms with Gasteiger partial charge in [-0.3, -0.25) is 4.79 Å². The number of aliphatic hydroxyl groups excluding tert-OH is 1. The first-order valence-corrected chi connectivity index (χ1v) is 5.22. The Kier molecular flexibility index (Phi) is 2.73. The largest absolute Gasteiger partial charge is 0.392 e. The van der Waals surface area contributed by atoms with E-state index in [0.717, 1.165) is 0 Å². The number of primary amides is 1. The summed E-state index contributed by atoms with van der Waals surface area (Å²) in [5.41, 5.74) is 7.48. The number of hydrogen-bond donors (Lipinski definition) is 2. The molecule has 0 aliphatic heterocycles. The molecular formula is C12H15NO2. The molecule has 2 rings (SSSR count). The van der Waals surface area contributed by atoms with Gasteiger partial charge in [-0.1, -0.05) is 24.3 Å². The number of amides is 1. The lowest BCUT2D eigenvalue weighted by Crippen LogP contribution is -2.17. The average Bonchev–Trinajstić information content (AvgIpc) is 2.50. The smallest absolute Gasteiger partial charge is 0.217 e. The molecule has 1 aromatic rings. The minimum Gasteiger partial charge on any atom is -0.392 e. The first kappa shape index (κ1) is 10.2. The number of nitrogens with two attached hydrogens (primary N) is 1. The van der Waals surface area contributed by atoms with Crippen LogP contribution in [0.2, 0.25) is 0 Å². The van der Waals surface area contributed by atoms with Crippen molar-refractivity contribution < 1.29 is 9.90 Å². The average molecular weight is 205 g/mol. The van der Waals surface area contributed by atoms with Crippen LogP contribution in [0.3, 0.4) is 0 Å². The Hall–Kier alpha value is -1.35. The Morgan fingerprint density at radius 3 is 2.93 bits per heavy atom. The normalized spacial score (nSPS) is 23.8. The Labute approximate surface area is 88.9 Å². The predicted molar refractivity (Wildman–Crippen MR) is 57.3 cm³/mol. The molecule has 15 heavy (non-hydrogen) atoms. The van der Waals surface area contributed by atoms with Crippen LogP contribution >= 0.6 is 0 Å². The number of benzene rings is 1.